The van der Waals surface area contributed by atoms with E-state index in [0.717, 1.165) is 24.2 Å². The van der Waals surface area contributed by atoms with Crippen molar-refractivity contribution in [3.05, 3.63) is 36.9 Å². The molecule has 0 atom stereocenters. The number of nitrogens with one attached hydrogen (secondary N) is 1. The van der Waals surface area contributed by atoms with Crippen LogP contribution in [-0.4, -0.2) is 34.0 Å². The van der Waals surface area contributed by atoms with E-state index in [2.05, 4.69) is 39.7 Å². The first kappa shape index (κ1) is 13.1. The topological polar surface area (TPSA) is 52.0 Å². The summed E-state index contributed by atoms with van der Waals surface area (Å²) in [6.07, 6.45) is 8.32. The molecule has 1 saturated carbocycles. The van der Waals surface area contributed by atoms with Crippen LogP contribution in [0.5, 0.6) is 0 Å². The van der Waals surface area contributed by atoms with Gasteiger partial charge >= 0.3 is 0 Å². The van der Waals surface area contributed by atoms with E-state index in [9.17, 15) is 0 Å². The highest BCUT2D eigenvalue weighted by Gasteiger charge is 2.20. The van der Waals surface area contributed by atoms with Crippen LogP contribution < -0.4 is 5.32 Å². The van der Waals surface area contributed by atoms with Gasteiger partial charge in [-0.25, -0.2) is 9.67 Å². The average molecular weight is 272 g/mol. The van der Waals surface area contributed by atoms with Gasteiger partial charge in [0.1, 0.15) is 12.7 Å². The number of nitrogens with zero attached hydrogens (tertiary/aromatic N) is 3. The number of methoxy groups -OCH3 is 1. The van der Waals surface area contributed by atoms with Crippen LogP contribution in [0.25, 0.3) is 5.69 Å². The Bertz CT molecular complexity index is 515. The first-order valence-electron chi connectivity index (χ1n) is 7.09. The number of benzene rings is 1. The molecular weight excluding hydrogens is 252 g/mol. The molecule has 0 spiro atoms. The van der Waals surface area contributed by atoms with Gasteiger partial charge in [0.15, 0.2) is 0 Å². The molecular formula is C15H20N4O. The van der Waals surface area contributed by atoms with Crippen molar-refractivity contribution in [3.8, 4) is 5.69 Å². The van der Waals surface area contributed by atoms with Crippen LogP contribution in [0.1, 0.15) is 25.7 Å². The number of anilines is 1. The second kappa shape index (κ2) is 6.05. The van der Waals surface area contributed by atoms with E-state index in [1.165, 1.54) is 12.8 Å². The van der Waals surface area contributed by atoms with Crippen LogP contribution >= 0.6 is 0 Å². The number of aromatic nitrogens is 3. The fourth-order valence-electron chi connectivity index (χ4n) is 2.73. The SMILES string of the molecule is COC1CCC(Nc2ccc(-n3cncn3)cc2)CC1. The molecule has 1 fully saturated rings. The predicted molar refractivity (Wildman–Crippen MR) is 78.0 cm³/mol. The van der Waals surface area contributed by atoms with E-state index in [1.54, 1.807) is 24.4 Å². The minimum atomic E-state index is 0.447. The third-order valence-corrected chi connectivity index (χ3v) is 3.93. The largest absolute Gasteiger partial charge is 0.382 e. The lowest BCUT2D eigenvalue weighted by Crippen LogP contribution is -2.29. The normalized spacial score (nSPS) is 22.6. The summed E-state index contributed by atoms with van der Waals surface area (Å²) in [5.74, 6) is 0. The van der Waals surface area contributed by atoms with Crippen molar-refractivity contribution in [2.75, 3.05) is 12.4 Å². The molecule has 0 radical (unpaired) electrons. The lowest BCUT2D eigenvalue weighted by Gasteiger charge is -2.28. The molecule has 106 valence electrons. The van der Waals surface area contributed by atoms with Crippen molar-refractivity contribution >= 4 is 5.69 Å². The molecule has 1 aromatic carbocycles. The Kier molecular flexibility index (Phi) is 3.97. The summed E-state index contributed by atoms with van der Waals surface area (Å²) >= 11 is 0. The van der Waals surface area contributed by atoms with Gasteiger partial charge in [0.2, 0.25) is 0 Å². The first-order valence-corrected chi connectivity index (χ1v) is 7.09. The number of hydrogen-bond acceptors (Lipinski definition) is 4. The van der Waals surface area contributed by atoms with E-state index in [4.69, 9.17) is 4.74 Å². The van der Waals surface area contributed by atoms with E-state index < -0.39 is 0 Å². The summed E-state index contributed by atoms with van der Waals surface area (Å²) in [5.41, 5.74) is 2.19. The van der Waals surface area contributed by atoms with Crippen LogP contribution in [0.2, 0.25) is 0 Å². The van der Waals surface area contributed by atoms with Crippen LogP contribution in [0, 0.1) is 0 Å². The second-order valence-corrected chi connectivity index (χ2v) is 5.24. The average Bonchev–Trinajstić information content (AvgIpc) is 3.03. The standard InChI is InChI=1S/C15H20N4O/c1-20-15-8-4-13(5-9-15)18-12-2-6-14(7-3-12)19-11-16-10-17-19/h2-3,6-7,10-11,13,15,18H,4-5,8-9H2,1H3. The molecule has 0 unspecified atom stereocenters. The maximum absolute atomic E-state index is 5.40. The Morgan fingerprint density at radius 3 is 2.50 bits per heavy atom. The zero-order valence-corrected chi connectivity index (χ0v) is 11.7. The van der Waals surface area contributed by atoms with Gasteiger partial charge in [-0.15, -0.1) is 0 Å². The smallest absolute Gasteiger partial charge is 0.138 e. The molecule has 1 N–H and O–H groups in total. The molecule has 0 bridgehead atoms. The zero-order chi connectivity index (χ0) is 13.8. The molecule has 1 aliphatic rings. The summed E-state index contributed by atoms with van der Waals surface area (Å²) in [7, 11) is 1.81. The van der Waals surface area contributed by atoms with Crippen molar-refractivity contribution in [2.45, 2.75) is 37.8 Å². The minimum Gasteiger partial charge on any atom is -0.382 e. The van der Waals surface area contributed by atoms with Crippen LogP contribution in [-0.2, 0) is 4.74 Å². The molecule has 20 heavy (non-hydrogen) atoms. The van der Waals surface area contributed by atoms with Crippen molar-refractivity contribution < 1.29 is 4.74 Å². The van der Waals surface area contributed by atoms with Gasteiger partial charge in [0.05, 0.1) is 11.8 Å². The third-order valence-electron chi connectivity index (χ3n) is 3.93. The monoisotopic (exact) mass is 272 g/mol. The van der Waals surface area contributed by atoms with Gasteiger partial charge in [0, 0.05) is 18.8 Å². The van der Waals surface area contributed by atoms with Crippen molar-refractivity contribution in [1.82, 2.24) is 14.8 Å². The van der Waals surface area contributed by atoms with Crippen LogP contribution in [0.4, 0.5) is 5.69 Å². The van der Waals surface area contributed by atoms with E-state index in [-0.39, 0.29) is 0 Å². The molecule has 0 amide bonds. The molecule has 1 heterocycles. The highest BCUT2D eigenvalue weighted by atomic mass is 16.5. The van der Waals surface area contributed by atoms with E-state index in [1.807, 2.05) is 0 Å². The molecule has 2 aromatic rings. The van der Waals surface area contributed by atoms with Crippen molar-refractivity contribution in [2.24, 2.45) is 0 Å². The van der Waals surface area contributed by atoms with Gasteiger partial charge < -0.3 is 10.1 Å². The fourth-order valence-corrected chi connectivity index (χ4v) is 2.73. The Hall–Kier alpha value is -1.88. The Balaban J connectivity index is 1.59. The lowest BCUT2D eigenvalue weighted by molar-refractivity contribution is 0.0682. The summed E-state index contributed by atoms with van der Waals surface area (Å²) in [6, 6.07) is 8.85. The quantitative estimate of drug-likeness (QED) is 0.929. The van der Waals surface area contributed by atoms with Crippen LogP contribution in [0.3, 0.4) is 0 Å². The van der Waals surface area contributed by atoms with E-state index in [0.29, 0.717) is 12.1 Å². The first-order chi connectivity index (χ1) is 9.85. The Morgan fingerprint density at radius 2 is 1.90 bits per heavy atom. The molecule has 5 heteroatoms. The Labute approximate surface area is 119 Å². The number of ether oxygens (including phenoxy) is 1. The molecule has 3 rings (SSSR count). The lowest BCUT2D eigenvalue weighted by atomic mass is 9.93. The second-order valence-electron chi connectivity index (χ2n) is 5.24. The highest BCUT2D eigenvalue weighted by molar-refractivity contribution is 5.49. The summed E-state index contributed by atoms with van der Waals surface area (Å²) in [6.45, 7) is 0. The number of hydrogen-bond donors (Lipinski definition) is 1. The summed E-state index contributed by atoms with van der Waals surface area (Å²) in [4.78, 5) is 3.95. The van der Waals surface area contributed by atoms with Gasteiger partial charge in [-0.3, -0.25) is 0 Å². The minimum absolute atomic E-state index is 0.447. The highest BCUT2D eigenvalue weighted by Crippen LogP contribution is 2.24. The molecule has 5 nitrogen and oxygen atoms in total. The van der Waals surface area contributed by atoms with Crippen molar-refractivity contribution in [3.63, 3.8) is 0 Å². The summed E-state index contributed by atoms with van der Waals surface area (Å²) < 4.78 is 7.16. The molecule has 1 aliphatic carbocycles. The van der Waals surface area contributed by atoms with Gasteiger partial charge in [0.25, 0.3) is 0 Å². The van der Waals surface area contributed by atoms with Gasteiger partial charge in [-0.2, -0.15) is 5.10 Å². The molecule has 0 saturated heterocycles. The van der Waals surface area contributed by atoms with Gasteiger partial charge in [-0.1, -0.05) is 0 Å². The molecule has 1 aromatic heterocycles. The zero-order valence-electron chi connectivity index (χ0n) is 11.7. The maximum atomic E-state index is 5.40. The van der Waals surface area contributed by atoms with E-state index >= 15 is 0 Å². The van der Waals surface area contributed by atoms with Gasteiger partial charge in [-0.05, 0) is 49.9 Å². The van der Waals surface area contributed by atoms with Crippen LogP contribution in [0.15, 0.2) is 36.9 Å². The summed E-state index contributed by atoms with van der Waals surface area (Å²) in [5, 5.41) is 7.72. The number of rotatable bonds is 4. The molecule has 0 aliphatic heterocycles. The third kappa shape index (κ3) is 2.99. The Morgan fingerprint density at radius 1 is 1.15 bits per heavy atom. The fraction of sp³-hybridized carbons (Fsp3) is 0.467. The van der Waals surface area contributed by atoms with Crippen molar-refractivity contribution in [1.29, 1.82) is 0 Å². The maximum Gasteiger partial charge on any atom is 0.138 e. The predicted octanol–water partition coefficient (Wildman–Crippen LogP) is 2.64.